The molecule has 0 spiro atoms. The SMILES string of the molecule is COC(=O)[C@H]1CCCN(S(=O)(=O)c2cccc(Cl)c2F)C1. The summed E-state index contributed by atoms with van der Waals surface area (Å²) in [5, 5.41) is -0.252. The molecule has 0 bridgehead atoms. The number of carbonyl (C=O) groups excluding carboxylic acids is 1. The fourth-order valence-corrected chi connectivity index (χ4v) is 4.18. The van der Waals surface area contributed by atoms with Gasteiger partial charge in [-0.3, -0.25) is 4.79 Å². The summed E-state index contributed by atoms with van der Waals surface area (Å²) in [6.07, 6.45) is 1.07. The fraction of sp³-hybridized carbons (Fsp3) is 0.462. The molecule has 1 saturated heterocycles. The summed E-state index contributed by atoms with van der Waals surface area (Å²) < 4.78 is 44.7. The molecule has 0 radical (unpaired) electrons. The van der Waals surface area contributed by atoms with E-state index < -0.39 is 32.6 Å². The molecule has 5 nitrogen and oxygen atoms in total. The molecule has 1 aromatic carbocycles. The van der Waals surface area contributed by atoms with Crippen molar-refractivity contribution in [3.8, 4) is 0 Å². The van der Waals surface area contributed by atoms with Crippen LogP contribution in [-0.2, 0) is 19.6 Å². The third kappa shape index (κ3) is 3.20. The van der Waals surface area contributed by atoms with Crippen LogP contribution in [0, 0.1) is 11.7 Å². The summed E-state index contributed by atoms with van der Waals surface area (Å²) in [7, 11) is -2.77. The van der Waals surface area contributed by atoms with E-state index in [-0.39, 0.29) is 18.1 Å². The molecule has 1 fully saturated rings. The molecule has 0 amide bonds. The summed E-state index contributed by atoms with van der Waals surface area (Å²) in [4.78, 5) is 11.1. The van der Waals surface area contributed by atoms with E-state index in [0.29, 0.717) is 12.8 Å². The van der Waals surface area contributed by atoms with E-state index in [1.807, 2.05) is 0 Å². The van der Waals surface area contributed by atoms with Gasteiger partial charge >= 0.3 is 5.97 Å². The number of halogens is 2. The van der Waals surface area contributed by atoms with Crippen molar-refractivity contribution in [3.05, 3.63) is 29.0 Å². The van der Waals surface area contributed by atoms with Crippen LogP contribution in [0.1, 0.15) is 12.8 Å². The molecule has 8 heteroatoms. The molecular formula is C13H15ClFNO4S. The predicted octanol–water partition coefficient (Wildman–Crippen LogP) is 2.05. The average Bonchev–Trinajstić information content (AvgIpc) is 2.49. The van der Waals surface area contributed by atoms with Gasteiger partial charge in [-0.2, -0.15) is 4.31 Å². The van der Waals surface area contributed by atoms with Gasteiger partial charge in [0.1, 0.15) is 4.90 Å². The van der Waals surface area contributed by atoms with Crippen molar-refractivity contribution in [2.24, 2.45) is 5.92 Å². The van der Waals surface area contributed by atoms with E-state index in [2.05, 4.69) is 4.74 Å². The lowest BCUT2D eigenvalue weighted by Gasteiger charge is -2.30. The number of sulfonamides is 1. The lowest BCUT2D eigenvalue weighted by Crippen LogP contribution is -2.42. The van der Waals surface area contributed by atoms with E-state index in [9.17, 15) is 17.6 Å². The average molecular weight is 336 g/mol. The second-order valence-corrected chi connectivity index (χ2v) is 7.09. The number of piperidine rings is 1. The minimum absolute atomic E-state index is 0.0129. The van der Waals surface area contributed by atoms with Gasteiger partial charge in [0.05, 0.1) is 18.1 Å². The molecule has 1 aromatic rings. The van der Waals surface area contributed by atoms with Crippen molar-refractivity contribution in [1.29, 1.82) is 0 Å². The van der Waals surface area contributed by atoms with Crippen molar-refractivity contribution >= 4 is 27.6 Å². The van der Waals surface area contributed by atoms with Gasteiger partial charge in [0, 0.05) is 13.1 Å². The van der Waals surface area contributed by atoms with Crippen LogP contribution in [-0.4, -0.2) is 38.9 Å². The summed E-state index contributed by atoms with van der Waals surface area (Å²) in [5.41, 5.74) is 0. The summed E-state index contributed by atoms with van der Waals surface area (Å²) >= 11 is 5.63. The Morgan fingerprint density at radius 1 is 1.48 bits per heavy atom. The maximum atomic E-state index is 13.9. The first-order chi connectivity index (χ1) is 9.87. The number of nitrogens with zero attached hydrogens (tertiary/aromatic N) is 1. The van der Waals surface area contributed by atoms with E-state index in [0.717, 1.165) is 10.4 Å². The van der Waals surface area contributed by atoms with Crippen LogP contribution in [0.15, 0.2) is 23.1 Å². The summed E-state index contributed by atoms with van der Waals surface area (Å²) in [6.45, 7) is 0.225. The highest BCUT2D eigenvalue weighted by Gasteiger charge is 2.35. The highest BCUT2D eigenvalue weighted by Crippen LogP contribution is 2.28. The number of benzene rings is 1. The van der Waals surface area contributed by atoms with Crippen molar-refractivity contribution in [3.63, 3.8) is 0 Å². The Hall–Kier alpha value is -1.18. The smallest absolute Gasteiger partial charge is 0.309 e. The van der Waals surface area contributed by atoms with Gasteiger partial charge in [0.15, 0.2) is 5.82 Å². The fourth-order valence-electron chi connectivity index (χ4n) is 2.34. The summed E-state index contributed by atoms with van der Waals surface area (Å²) in [6, 6.07) is 3.82. The molecule has 2 rings (SSSR count). The second-order valence-electron chi connectivity index (χ2n) is 4.78. The molecule has 1 heterocycles. The molecule has 1 aliphatic heterocycles. The Morgan fingerprint density at radius 3 is 2.86 bits per heavy atom. The normalized spacial score (nSPS) is 20.2. The van der Waals surface area contributed by atoms with Crippen LogP contribution in [0.5, 0.6) is 0 Å². The number of ether oxygens (including phenoxy) is 1. The number of hydrogen-bond donors (Lipinski definition) is 0. The number of rotatable bonds is 3. The molecule has 0 aromatic heterocycles. The number of esters is 1. The van der Waals surface area contributed by atoms with E-state index in [4.69, 9.17) is 11.6 Å². The van der Waals surface area contributed by atoms with E-state index >= 15 is 0 Å². The zero-order valence-corrected chi connectivity index (χ0v) is 13.0. The van der Waals surface area contributed by atoms with Gasteiger partial charge in [-0.1, -0.05) is 17.7 Å². The monoisotopic (exact) mass is 335 g/mol. The van der Waals surface area contributed by atoms with Crippen molar-refractivity contribution in [1.82, 2.24) is 4.31 Å². The first kappa shape index (κ1) is 16.2. The second kappa shape index (κ2) is 6.29. The number of hydrogen-bond acceptors (Lipinski definition) is 4. The first-order valence-corrected chi connectivity index (χ1v) is 8.21. The van der Waals surface area contributed by atoms with Crippen LogP contribution < -0.4 is 0 Å². The largest absolute Gasteiger partial charge is 0.469 e. The minimum Gasteiger partial charge on any atom is -0.469 e. The molecule has 0 unspecified atom stereocenters. The third-order valence-electron chi connectivity index (χ3n) is 3.45. The lowest BCUT2D eigenvalue weighted by atomic mass is 10.0. The lowest BCUT2D eigenvalue weighted by molar-refractivity contribution is -0.146. The molecule has 1 atom stereocenters. The van der Waals surface area contributed by atoms with Crippen LogP contribution in [0.4, 0.5) is 4.39 Å². The first-order valence-electron chi connectivity index (χ1n) is 6.40. The maximum absolute atomic E-state index is 13.9. The van der Waals surface area contributed by atoms with Gasteiger partial charge in [-0.25, -0.2) is 12.8 Å². The zero-order valence-electron chi connectivity index (χ0n) is 11.4. The number of methoxy groups -OCH3 is 1. The molecule has 0 N–H and O–H groups in total. The highest BCUT2D eigenvalue weighted by molar-refractivity contribution is 7.89. The predicted molar refractivity (Wildman–Crippen MR) is 74.9 cm³/mol. The summed E-state index contributed by atoms with van der Waals surface area (Å²) in [5.74, 6) is -1.96. The van der Waals surface area contributed by atoms with Crippen molar-refractivity contribution in [2.75, 3.05) is 20.2 Å². The molecule has 0 saturated carbocycles. The van der Waals surface area contributed by atoms with Crippen molar-refractivity contribution < 1.29 is 22.3 Å². The van der Waals surface area contributed by atoms with Crippen LogP contribution >= 0.6 is 11.6 Å². The van der Waals surface area contributed by atoms with E-state index in [1.54, 1.807) is 0 Å². The van der Waals surface area contributed by atoms with Crippen LogP contribution in [0.3, 0.4) is 0 Å². The minimum atomic E-state index is -4.02. The maximum Gasteiger partial charge on any atom is 0.309 e. The Bertz CT molecular complexity index is 650. The van der Waals surface area contributed by atoms with Crippen molar-refractivity contribution in [2.45, 2.75) is 17.7 Å². The Labute approximate surface area is 127 Å². The Kier molecular flexibility index (Phi) is 4.85. The quantitative estimate of drug-likeness (QED) is 0.793. The standard InChI is InChI=1S/C13H15ClFNO4S/c1-20-13(17)9-4-3-7-16(8-9)21(18,19)11-6-2-5-10(14)12(11)15/h2,5-6,9H,3-4,7-8H2,1H3/t9-/m0/s1. The van der Waals surface area contributed by atoms with Gasteiger partial charge in [-0.15, -0.1) is 0 Å². The van der Waals surface area contributed by atoms with Gasteiger partial charge < -0.3 is 4.74 Å². The highest BCUT2D eigenvalue weighted by atomic mass is 35.5. The van der Waals surface area contributed by atoms with Gasteiger partial charge in [0.25, 0.3) is 0 Å². The molecule has 0 aliphatic carbocycles. The molecule has 21 heavy (non-hydrogen) atoms. The van der Waals surface area contributed by atoms with Gasteiger partial charge in [-0.05, 0) is 25.0 Å². The zero-order chi connectivity index (χ0) is 15.6. The Morgan fingerprint density at radius 2 is 2.19 bits per heavy atom. The van der Waals surface area contributed by atoms with Crippen LogP contribution in [0.25, 0.3) is 0 Å². The molecular weight excluding hydrogens is 321 g/mol. The topological polar surface area (TPSA) is 63.7 Å². The van der Waals surface area contributed by atoms with Crippen LogP contribution in [0.2, 0.25) is 5.02 Å². The van der Waals surface area contributed by atoms with Gasteiger partial charge in [0.2, 0.25) is 10.0 Å². The third-order valence-corrected chi connectivity index (χ3v) is 5.63. The van der Waals surface area contributed by atoms with E-state index in [1.165, 1.54) is 19.2 Å². The Balaban J connectivity index is 2.31. The molecule has 1 aliphatic rings. The molecule has 116 valence electrons. The number of carbonyl (C=O) groups is 1.